The molecule has 0 bridgehead atoms. The molecule has 10 heteroatoms. The average molecular weight is 574 g/mol. The van der Waals surface area contributed by atoms with Crippen molar-refractivity contribution in [2.24, 2.45) is 5.10 Å². The summed E-state index contributed by atoms with van der Waals surface area (Å²) in [7, 11) is 7.85. The van der Waals surface area contributed by atoms with Crippen LogP contribution in [0.1, 0.15) is 23.6 Å². The van der Waals surface area contributed by atoms with Crippen molar-refractivity contribution in [3.05, 3.63) is 77.9 Å². The summed E-state index contributed by atoms with van der Waals surface area (Å²) in [5, 5.41) is 23.2. The van der Waals surface area contributed by atoms with E-state index in [0.29, 0.717) is 57.2 Å². The molecular formula is C31H31N3O6S. The summed E-state index contributed by atoms with van der Waals surface area (Å²) in [5.41, 5.74) is 2.77. The molecule has 2 N–H and O–H groups in total. The topological polar surface area (TPSA) is 94.0 Å². The van der Waals surface area contributed by atoms with Crippen molar-refractivity contribution in [3.63, 3.8) is 0 Å². The van der Waals surface area contributed by atoms with Crippen LogP contribution in [0.25, 0.3) is 10.8 Å². The predicted octanol–water partition coefficient (Wildman–Crippen LogP) is 6.14. The number of ether oxygens (including phenoxy) is 5. The number of nitrogens with zero attached hydrogens (tertiary/aromatic N) is 2. The number of hydrogen-bond donors (Lipinski definition) is 2. The number of anilines is 1. The molecule has 1 heterocycles. The number of rotatable bonds is 8. The first-order valence-corrected chi connectivity index (χ1v) is 13.2. The number of para-hydroxylation sites is 1. The number of aromatic hydroxyl groups is 1. The van der Waals surface area contributed by atoms with Crippen molar-refractivity contribution in [1.82, 2.24) is 5.01 Å². The first-order valence-electron chi connectivity index (χ1n) is 12.8. The van der Waals surface area contributed by atoms with E-state index in [9.17, 15) is 5.11 Å². The van der Waals surface area contributed by atoms with Crippen molar-refractivity contribution in [3.8, 4) is 34.5 Å². The summed E-state index contributed by atoms with van der Waals surface area (Å²) < 4.78 is 27.8. The Morgan fingerprint density at radius 1 is 0.829 bits per heavy atom. The van der Waals surface area contributed by atoms with Gasteiger partial charge in [0.15, 0.2) is 28.1 Å². The van der Waals surface area contributed by atoms with E-state index in [0.717, 1.165) is 16.3 Å². The fraction of sp³-hybridized carbons (Fsp3) is 0.226. The van der Waals surface area contributed by atoms with Gasteiger partial charge in [0.25, 0.3) is 0 Å². The number of hydrogen-bond acceptors (Lipinski definition) is 8. The Morgan fingerprint density at radius 2 is 1.51 bits per heavy atom. The summed E-state index contributed by atoms with van der Waals surface area (Å²) in [5.74, 6) is 2.78. The second-order valence-electron chi connectivity index (χ2n) is 9.22. The number of phenols is 1. The molecule has 0 aliphatic carbocycles. The van der Waals surface area contributed by atoms with E-state index in [4.69, 9.17) is 41.0 Å². The van der Waals surface area contributed by atoms with E-state index in [-0.39, 0.29) is 11.8 Å². The molecule has 212 valence electrons. The molecule has 1 unspecified atom stereocenters. The van der Waals surface area contributed by atoms with Crippen LogP contribution in [0.3, 0.4) is 0 Å². The molecule has 41 heavy (non-hydrogen) atoms. The third kappa shape index (κ3) is 5.14. The molecule has 0 aromatic heterocycles. The van der Waals surface area contributed by atoms with Gasteiger partial charge in [-0.15, -0.1) is 0 Å². The van der Waals surface area contributed by atoms with Gasteiger partial charge in [-0.25, -0.2) is 5.01 Å². The second-order valence-corrected chi connectivity index (χ2v) is 9.61. The van der Waals surface area contributed by atoms with E-state index in [2.05, 4.69) is 5.32 Å². The van der Waals surface area contributed by atoms with Gasteiger partial charge in [0.1, 0.15) is 5.75 Å². The Morgan fingerprint density at radius 3 is 2.17 bits per heavy atom. The summed E-state index contributed by atoms with van der Waals surface area (Å²) in [6.07, 6.45) is 0.451. The predicted molar refractivity (Wildman–Crippen MR) is 163 cm³/mol. The minimum absolute atomic E-state index is 0.170. The molecule has 0 spiro atoms. The number of fused-ring (bicyclic) bond motifs is 1. The summed E-state index contributed by atoms with van der Waals surface area (Å²) >= 11 is 5.91. The van der Waals surface area contributed by atoms with Crippen molar-refractivity contribution in [2.75, 3.05) is 40.9 Å². The van der Waals surface area contributed by atoms with Crippen LogP contribution in [-0.4, -0.2) is 56.5 Å². The van der Waals surface area contributed by atoms with Gasteiger partial charge in [-0.1, -0.05) is 42.5 Å². The molecule has 9 nitrogen and oxygen atoms in total. The minimum atomic E-state index is -0.358. The molecule has 0 saturated carbocycles. The van der Waals surface area contributed by atoms with Crippen LogP contribution in [0.15, 0.2) is 71.8 Å². The van der Waals surface area contributed by atoms with E-state index >= 15 is 0 Å². The van der Waals surface area contributed by atoms with Gasteiger partial charge in [0, 0.05) is 40.8 Å². The van der Waals surface area contributed by atoms with Crippen LogP contribution in [0.5, 0.6) is 34.5 Å². The zero-order chi connectivity index (χ0) is 29.1. The van der Waals surface area contributed by atoms with Gasteiger partial charge >= 0.3 is 0 Å². The van der Waals surface area contributed by atoms with Gasteiger partial charge < -0.3 is 34.1 Å². The van der Waals surface area contributed by atoms with Crippen LogP contribution in [-0.2, 0) is 0 Å². The average Bonchev–Trinajstić information content (AvgIpc) is 3.45. The Balaban J connectivity index is 1.58. The Bertz CT molecular complexity index is 1610. The fourth-order valence-corrected chi connectivity index (χ4v) is 5.38. The van der Waals surface area contributed by atoms with Crippen molar-refractivity contribution < 1.29 is 28.8 Å². The van der Waals surface area contributed by atoms with Gasteiger partial charge in [-0.2, -0.15) is 5.10 Å². The Labute approximate surface area is 243 Å². The molecule has 0 radical (unpaired) electrons. The molecular weight excluding hydrogens is 542 g/mol. The van der Waals surface area contributed by atoms with Gasteiger partial charge in [-0.3, -0.25) is 0 Å². The van der Waals surface area contributed by atoms with Gasteiger partial charge in [0.05, 0.1) is 47.3 Å². The maximum Gasteiger partial charge on any atom is 0.203 e. The van der Waals surface area contributed by atoms with Crippen LogP contribution < -0.4 is 29.0 Å². The van der Waals surface area contributed by atoms with Gasteiger partial charge in [0.2, 0.25) is 5.75 Å². The smallest absolute Gasteiger partial charge is 0.203 e. The third-order valence-electron chi connectivity index (χ3n) is 7.04. The monoisotopic (exact) mass is 573 g/mol. The van der Waals surface area contributed by atoms with E-state index in [1.54, 1.807) is 52.7 Å². The first kappa shape index (κ1) is 27.9. The maximum absolute atomic E-state index is 11.2. The standard InChI is InChI=1S/C31H31N3O6S/c1-36-25-12-8-11-22(29(25)39-4)24-17-23(21-14-13-18-9-6-7-10-20(18)28(21)35)33-34(24)31(41)32-19-15-26(37-2)30(40-5)27(16-19)38-3/h6-16,24,35H,17H2,1-5H3,(H,32,41). The highest BCUT2D eigenvalue weighted by Gasteiger charge is 2.35. The lowest BCUT2D eigenvalue weighted by Gasteiger charge is -2.27. The quantitative estimate of drug-likeness (QED) is 0.241. The highest BCUT2D eigenvalue weighted by atomic mass is 32.1. The van der Waals surface area contributed by atoms with Crippen LogP contribution in [0.4, 0.5) is 5.69 Å². The van der Waals surface area contributed by atoms with Crippen LogP contribution in [0, 0.1) is 0 Å². The lowest BCUT2D eigenvalue weighted by atomic mass is 9.95. The lowest BCUT2D eigenvalue weighted by Crippen LogP contribution is -2.31. The lowest BCUT2D eigenvalue weighted by molar-refractivity contribution is 0.324. The molecule has 5 rings (SSSR count). The van der Waals surface area contributed by atoms with E-state index in [1.807, 2.05) is 54.6 Å². The highest BCUT2D eigenvalue weighted by molar-refractivity contribution is 7.80. The summed E-state index contributed by atoms with van der Waals surface area (Å²) in [4.78, 5) is 0. The van der Waals surface area contributed by atoms with Crippen molar-refractivity contribution >= 4 is 39.5 Å². The Hall–Kier alpha value is -4.70. The van der Waals surface area contributed by atoms with E-state index < -0.39 is 0 Å². The number of thiocarbonyl (C=S) groups is 1. The van der Waals surface area contributed by atoms with E-state index in [1.165, 1.54) is 0 Å². The minimum Gasteiger partial charge on any atom is -0.507 e. The number of phenolic OH excluding ortho intramolecular Hbond substituents is 1. The number of nitrogens with one attached hydrogen (secondary N) is 1. The molecule has 4 aromatic carbocycles. The Kier molecular flexibility index (Phi) is 8.02. The maximum atomic E-state index is 11.2. The molecule has 1 aliphatic rings. The van der Waals surface area contributed by atoms with Crippen LogP contribution in [0.2, 0.25) is 0 Å². The molecule has 0 fully saturated rings. The molecule has 0 saturated heterocycles. The zero-order valence-corrected chi connectivity index (χ0v) is 24.2. The van der Waals surface area contributed by atoms with Crippen molar-refractivity contribution in [1.29, 1.82) is 0 Å². The first-order chi connectivity index (χ1) is 19.9. The second kappa shape index (κ2) is 11.8. The van der Waals surface area contributed by atoms with Crippen LogP contribution >= 0.6 is 12.2 Å². The fourth-order valence-electron chi connectivity index (χ4n) is 5.10. The van der Waals surface area contributed by atoms with Gasteiger partial charge in [-0.05, 0) is 29.7 Å². The summed E-state index contributed by atoms with van der Waals surface area (Å²) in [6, 6.07) is 20.4. The molecule has 1 aliphatic heterocycles. The third-order valence-corrected chi connectivity index (χ3v) is 7.33. The molecule has 4 aromatic rings. The molecule has 0 amide bonds. The largest absolute Gasteiger partial charge is 0.507 e. The number of benzene rings is 4. The van der Waals surface area contributed by atoms with Crippen molar-refractivity contribution in [2.45, 2.75) is 12.5 Å². The number of hydrazone groups is 1. The highest BCUT2D eigenvalue weighted by Crippen LogP contribution is 2.44. The summed E-state index contributed by atoms with van der Waals surface area (Å²) in [6.45, 7) is 0. The normalized spacial score (nSPS) is 14.4. The SMILES string of the molecule is COc1cc(NC(=S)N2N=C(c3ccc4ccccc4c3O)CC2c2cccc(OC)c2OC)cc(OC)c1OC. The zero-order valence-electron chi connectivity index (χ0n) is 23.4. The number of methoxy groups -OCH3 is 5. The molecule has 1 atom stereocenters.